The van der Waals surface area contributed by atoms with Crippen molar-refractivity contribution in [3.8, 4) is 0 Å². The minimum atomic E-state index is 0.0972. The average Bonchev–Trinajstić information content (AvgIpc) is 2.27. The normalized spacial score (nSPS) is 31.6. The van der Waals surface area contributed by atoms with Crippen molar-refractivity contribution in [1.29, 1.82) is 0 Å². The van der Waals surface area contributed by atoms with E-state index in [4.69, 9.17) is 4.74 Å². The average molecular weight is 180 g/mol. The minimum Gasteiger partial charge on any atom is -0.494 e. The molecule has 1 aliphatic carbocycles. The fourth-order valence-corrected chi connectivity index (χ4v) is 2.21. The van der Waals surface area contributed by atoms with Crippen LogP contribution in [0.5, 0.6) is 0 Å². The molecule has 0 N–H and O–H groups in total. The molecule has 2 aliphatic rings. The molecule has 1 heterocycles. The predicted molar refractivity (Wildman–Crippen MR) is 50.2 cm³/mol. The summed E-state index contributed by atoms with van der Waals surface area (Å²) in [6.07, 6.45) is 2.65. The Morgan fingerprint density at radius 1 is 1.38 bits per heavy atom. The van der Waals surface area contributed by atoms with Gasteiger partial charge in [0.15, 0.2) is 5.78 Å². The molecule has 0 aromatic heterocycles. The topological polar surface area (TPSA) is 26.3 Å². The van der Waals surface area contributed by atoms with Gasteiger partial charge in [0.2, 0.25) is 0 Å². The number of ketones is 1. The van der Waals surface area contributed by atoms with E-state index >= 15 is 0 Å². The van der Waals surface area contributed by atoms with E-state index in [1.54, 1.807) is 0 Å². The van der Waals surface area contributed by atoms with Crippen LogP contribution in [0.4, 0.5) is 0 Å². The lowest BCUT2D eigenvalue weighted by molar-refractivity contribution is -0.118. The largest absolute Gasteiger partial charge is 0.494 e. The number of hydrogen-bond acceptors (Lipinski definition) is 2. The standard InChI is InChI=1S/C11H16O2/c1-7-4-8-9(12)5-11(2,3)6-10(8)13-7/h7H,4-6H2,1-3H3. The highest BCUT2D eigenvalue weighted by atomic mass is 16.5. The van der Waals surface area contributed by atoms with Crippen LogP contribution in [0.15, 0.2) is 11.3 Å². The molecule has 13 heavy (non-hydrogen) atoms. The van der Waals surface area contributed by atoms with Gasteiger partial charge in [-0.3, -0.25) is 4.79 Å². The molecule has 2 nitrogen and oxygen atoms in total. The van der Waals surface area contributed by atoms with E-state index in [-0.39, 0.29) is 11.5 Å². The van der Waals surface area contributed by atoms with Crippen LogP contribution in [0.1, 0.15) is 40.0 Å². The summed E-state index contributed by atoms with van der Waals surface area (Å²) in [6, 6.07) is 0. The molecule has 2 rings (SSSR count). The molecule has 0 fully saturated rings. The van der Waals surface area contributed by atoms with Crippen molar-refractivity contribution in [2.75, 3.05) is 0 Å². The van der Waals surface area contributed by atoms with Gasteiger partial charge in [0.25, 0.3) is 0 Å². The summed E-state index contributed by atoms with van der Waals surface area (Å²) in [5, 5.41) is 0. The minimum absolute atomic E-state index is 0.0972. The Balaban J connectivity index is 2.28. The summed E-state index contributed by atoms with van der Waals surface area (Å²) in [7, 11) is 0. The maximum absolute atomic E-state index is 11.7. The van der Waals surface area contributed by atoms with Crippen LogP contribution in [0.2, 0.25) is 0 Å². The molecule has 0 saturated heterocycles. The number of ether oxygens (including phenoxy) is 1. The van der Waals surface area contributed by atoms with Crippen molar-refractivity contribution in [2.45, 2.75) is 46.1 Å². The number of Topliss-reactive ketones (excluding diaryl/α,β-unsaturated/α-hetero) is 1. The molecule has 0 spiro atoms. The Kier molecular flexibility index (Phi) is 1.76. The lowest BCUT2D eigenvalue weighted by Gasteiger charge is -2.28. The van der Waals surface area contributed by atoms with E-state index in [0.29, 0.717) is 12.2 Å². The van der Waals surface area contributed by atoms with Crippen LogP contribution in [0.3, 0.4) is 0 Å². The second kappa shape index (κ2) is 2.60. The molecule has 0 radical (unpaired) electrons. The molecule has 0 aromatic rings. The van der Waals surface area contributed by atoms with Crippen LogP contribution in [0, 0.1) is 5.41 Å². The molecule has 1 aliphatic heterocycles. The van der Waals surface area contributed by atoms with Crippen LogP contribution in [0.25, 0.3) is 0 Å². The van der Waals surface area contributed by atoms with Gasteiger partial charge in [-0.25, -0.2) is 0 Å². The fraction of sp³-hybridized carbons (Fsp3) is 0.727. The van der Waals surface area contributed by atoms with Crippen LogP contribution in [-0.2, 0) is 9.53 Å². The first-order valence-electron chi connectivity index (χ1n) is 4.90. The second-order valence-electron chi connectivity index (χ2n) is 4.98. The maximum atomic E-state index is 11.7. The van der Waals surface area contributed by atoms with Crippen molar-refractivity contribution < 1.29 is 9.53 Å². The number of hydrogen-bond donors (Lipinski definition) is 0. The Hall–Kier alpha value is -0.790. The third-order valence-corrected chi connectivity index (χ3v) is 2.79. The SMILES string of the molecule is CC1CC2=C(CC(C)(C)CC2=O)O1. The molecular weight excluding hydrogens is 164 g/mol. The van der Waals surface area contributed by atoms with Gasteiger partial charge in [-0.05, 0) is 12.3 Å². The highest BCUT2D eigenvalue weighted by molar-refractivity contribution is 5.97. The van der Waals surface area contributed by atoms with Gasteiger partial charge < -0.3 is 4.74 Å². The van der Waals surface area contributed by atoms with E-state index < -0.39 is 0 Å². The first-order valence-corrected chi connectivity index (χ1v) is 4.90. The van der Waals surface area contributed by atoms with Gasteiger partial charge >= 0.3 is 0 Å². The fourth-order valence-electron chi connectivity index (χ4n) is 2.21. The van der Waals surface area contributed by atoms with E-state index in [1.165, 1.54) is 0 Å². The zero-order chi connectivity index (χ0) is 9.64. The van der Waals surface area contributed by atoms with E-state index in [0.717, 1.165) is 24.2 Å². The Morgan fingerprint density at radius 3 is 2.77 bits per heavy atom. The lowest BCUT2D eigenvalue weighted by Crippen LogP contribution is -2.24. The van der Waals surface area contributed by atoms with Crippen molar-refractivity contribution in [2.24, 2.45) is 5.41 Å². The molecule has 1 unspecified atom stereocenters. The Morgan fingerprint density at radius 2 is 2.08 bits per heavy atom. The third-order valence-electron chi connectivity index (χ3n) is 2.79. The zero-order valence-corrected chi connectivity index (χ0v) is 8.52. The number of allylic oxidation sites excluding steroid dienone is 1. The molecular formula is C11H16O2. The van der Waals surface area contributed by atoms with Crippen molar-refractivity contribution in [3.05, 3.63) is 11.3 Å². The number of carbonyl (C=O) groups excluding carboxylic acids is 1. The maximum Gasteiger partial charge on any atom is 0.162 e. The first kappa shape index (κ1) is 8.79. The van der Waals surface area contributed by atoms with E-state index in [1.807, 2.05) is 6.92 Å². The van der Waals surface area contributed by atoms with Crippen LogP contribution in [-0.4, -0.2) is 11.9 Å². The third kappa shape index (κ3) is 1.50. The summed E-state index contributed by atoms with van der Waals surface area (Å²) >= 11 is 0. The monoisotopic (exact) mass is 180 g/mol. The predicted octanol–water partition coefficient (Wildman–Crippen LogP) is 2.44. The van der Waals surface area contributed by atoms with Gasteiger partial charge in [-0.2, -0.15) is 0 Å². The summed E-state index contributed by atoms with van der Waals surface area (Å²) in [5.41, 5.74) is 1.06. The van der Waals surface area contributed by atoms with E-state index in [9.17, 15) is 4.79 Å². The lowest BCUT2D eigenvalue weighted by atomic mass is 9.76. The summed E-state index contributed by atoms with van der Waals surface area (Å²) in [6.45, 7) is 6.28. The number of rotatable bonds is 0. The van der Waals surface area contributed by atoms with Crippen LogP contribution < -0.4 is 0 Å². The van der Waals surface area contributed by atoms with Gasteiger partial charge in [0.1, 0.15) is 5.76 Å². The van der Waals surface area contributed by atoms with Crippen molar-refractivity contribution >= 4 is 5.78 Å². The Bertz CT molecular complexity index is 286. The smallest absolute Gasteiger partial charge is 0.162 e. The summed E-state index contributed by atoms with van der Waals surface area (Å²) < 4.78 is 5.63. The highest BCUT2D eigenvalue weighted by Gasteiger charge is 2.38. The van der Waals surface area contributed by atoms with Gasteiger partial charge in [0, 0.05) is 24.8 Å². The van der Waals surface area contributed by atoms with Crippen molar-refractivity contribution in [1.82, 2.24) is 0 Å². The molecule has 72 valence electrons. The van der Waals surface area contributed by atoms with Crippen LogP contribution >= 0.6 is 0 Å². The molecule has 0 saturated carbocycles. The summed E-state index contributed by atoms with van der Waals surface area (Å²) in [5.74, 6) is 1.27. The second-order valence-corrected chi connectivity index (χ2v) is 4.98. The number of carbonyl (C=O) groups is 1. The molecule has 0 aromatic carbocycles. The molecule has 1 atom stereocenters. The Labute approximate surface area is 79.0 Å². The molecule has 2 heteroatoms. The van der Waals surface area contributed by atoms with Gasteiger partial charge in [-0.15, -0.1) is 0 Å². The molecule has 0 bridgehead atoms. The summed E-state index contributed by atoms with van der Waals surface area (Å²) in [4.78, 5) is 11.7. The molecule has 0 amide bonds. The van der Waals surface area contributed by atoms with Crippen molar-refractivity contribution in [3.63, 3.8) is 0 Å². The quantitative estimate of drug-likeness (QED) is 0.572. The van der Waals surface area contributed by atoms with E-state index in [2.05, 4.69) is 13.8 Å². The zero-order valence-electron chi connectivity index (χ0n) is 8.52. The van der Waals surface area contributed by atoms with Gasteiger partial charge in [-0.1, -0.05) is 13.8 Å². The first-order chi connectivity index (χ1) is 5.98. The highest BCUT2D eigenvalue weighted by Crippen LogP contribution is 2.42. The van der Waals surface area contributed by atoms with Gasteiger partial charge in [0.05, 0.1) is 6.10 Å².